The zero-order valence-corrected chi connectivity index (χ0v) is 10.2. The summed E-state index contributed by atoms with van der Waals surface area (Å²) in [5.41, 5.74) is 2.29. The first kappa shape index (κ1) is 12.1. The van der Waals surface area contributed by atoms with E-state index in [9.17, 15) is 13.2 Å². The van der Waals surface area contributed by atoms with E-state index in [4.69, 9.17) is 5.11 Å². The van der Waals surface area contributed by atoms with Crippen LogP contribution in [0.1, 0.15) is 24.0 Å². The molecule has 0 heterocycles. The van der Waals surface area contributed by atoms with Crippen molar-refractivity contribution in [2.75, 3.05) is 5.75 Å². The van der Waals surface area contributed by atoms with Crippen molar-refractivity contribution in [2.24, 2.45) is 0 Å². The number of rotatable bonds is 4. The molecule has 4 nitrogen and oxygen atoms in total. The normalized spacial score (nSPS) is 14.6. The number of aliphatic carboxylic acids is 1. The first-order chi connectivity index (χ1) is 7.99. The Morgan fingerprint density at radius 2 is 1.94 bits per heavy atom. The van der Waals surface area contributed by atoms with E-state index in [-0.39, 0.29) is 17.1 Å². The predicted molar refractivity (Wildman–Crippen MR) is 62.8 cm³/mol. The van der Waals surface area contributed by atoms with E-state index in [1.54, 1.807) is 12.1 Å². The molecule has 1 aromatic rings. The molecule has 0 saturated carbocycles. The van der Waals surface area contributed by atoms with E-state index in [2.05, 4.69) is 0 Å². The van der Waals surface area contributed by atoms with Gasteiger partial charge in [-0.15, -0.1) is 0 Å². The first-order valence-corrected chi connectivity index (χ1v) is 7.20. The lowest BCUT2D eigenvalue weighted by Gasteiger charge is -2.05. The third-order valence-electron chi connectivity index (χ3n) is 3.01. The van der Waals surface area contributed by atoms with Crippen LogP contribution in [0.25, 0.3) is 0 Å². The highest BCUT2D eigenvalue weighted by atomic mass is 32.2. The minimum absolute atomic E-state index is 0.249. The maximum atomic E-state index is 11.9. The summed E-state index contributed by atoms with van der Waals surface area (Å²) in [6.07, 6.45) is 2.63. The van der Waals surface area contributed by atoms with Crippen LogP contribution in [0, 0.1) is 0 Å². The Hall–Kier alpha value is -1.36. The fourth-order valence-electron chi connectivity index (χ4n) is 2.08. The Labute approximate surface area is 100 Å². The Balaban J connectivity index is 2.24. The van der Waals surface area contributed by atoms with Crippen LogP contribution in [0.2, 0.25) is 0 Å². The Morgan fingerprint density at radius 1 is 1.24 bits per heavy atom. The number of carboxylic acid groups (broad SMARTS) is 1. The van der Waals surface area contributed by atoms with E-state index in [0.29, 0.717) is 0 Å². The van der Waals surface area contributed by atoms with Gasteiger partial charge in [0.05, 0.1) is 17.1 Å². The van der Waals surface area contributed by atoms with E-state index < -0.39 is 15.8 Å². The Bertz CT molecular complexity index is 546. The summed E-state index contributed by atoms with van der Waals surface area (Å²) in [7, 11) is -3.46. The SMILES string of the molecule is O=C(O)CCS(=O)(=O)c1ccc2c(c1)CCC2. The molecule has 0 amide bonds. The summed E-state index contributed by atoms with van der Waals surface area (Å²) in [5.74, 6) is -1.42. The molecular weight excluding hydrogens is 240 g/mol. The number of aryl methyl sites for hydroxylation is 2. The molecule has 0 spiro atoms. The second-order valence-electron chi connectivity index (χ2n) is 4.25. The van der Waals surface area contributed by atoms with E-state index >= 15 is 0 Å². The lowest BCUT2D eigenvalue weighted by molar-refractivity contribution is -0.136. The molecule has 1 aliphatic carbocycles. The van der Waals surface area contributed by atoms with Crippen molar-refractivity contribution in [3.05, 3.63) is 29.3 Å². The van der Waals surface area contributed by atoms with Crippen molar-refractivity contribution in [1.82, 2.24) is 0 Å². The molecule has 5 heteroatoms. The van der Waals surface area contributed by atoms with Gasteiger partial charge in [-0.05, 0) is 42.5 Å². The molecule has 0 saturated heterocycles. The molecule has 0 aliphatic heterocycles. The summed E-state index contributed by atoms with van der Waals surface area (Å²) in [6, 6.07) is 5.12. The van der Waals surface area contributed by atoms with Crippen molar-refractivity contribution >= 4 is 15.8 Å². The van der Waals surface area contributed by atoms with Gasteiger partial charge in [0, 0.05) is 0 Å². The minimum atomic E-state index is -3.46. The molecule has 2 rings (SSSR count). The number of fused-ring (bicyclic) bond motifs is 1. The van der Waals surface area contributed by atoms with E-state index in [1.165, 1.54) is 5.56 Å². The van der Waals surface area contributed by atoms with Crippen LogP contribution in [-0.2, 0) is 27.5 Å². The summed E-state index contributed by atoms with van der Waals surface area (Å²) in [5, 5.41) is 8.51. The van der Waals surface area contributed by atoms with Crippen molar-refractivity contribution in [1.29, 1.82) is 0 Å². The van der Waals surface area contributed by atoms with E-state index in [0.717, 1.165) is 24.8 Å². The highest BCUT2D eigenvalue weighted by molar-refractivity contribution is 7.91. The summed E-state index contributed by atoms with van der Waals surface area (Å²) >= 11 is 0. The second kappa shape index (κ2) is 4.49. The number of hydrogen-bond donors (Lipinski definition) is 1. The highest BCUT2D eigenvalue weighted by Gasteiger charge is 2.19. The summed E-state index contributed by atoms with van der Waals surface area (Å²) in [4.78, 5) is 10.6. The number of carboxylic acids is 1. The molecule has 1 N–H and O–H groups in total. The van der Waals surface area contributed by atoms with Gasteiger partial charge >= 0.3 is 5.97 Å². The molecule has 1 aromatic carbocycles. The van der Waals surface area contributed by atoms with Crippen molar-refractivity contribution in [3.63, 3.8) is 0 Å². The smallest absolute Gasteiger partial charge is 0.304 e. The first-order valence-electron chi connectivity index (χ1n) is 5.55. The summed E-state index contributed by atoms with van der Waals surface area (Å²) in [6.45, 7) is 0. The molecule has 17 heavy (non-hydrogen) atoms. The van der Waals surface area contributed by atoms with Gasteiger partial charge in [0.15, 0.2) is 9.84 Å². The zero-order chi connectivity index (χ0) is 12.5. The average Bonchev–Trinajstić information content (AvgIpc) is 2.73. The quantitative estimate of drug-likeness (QED) is 0.882. The topological polar surface area (TPSA) is 71.4 Å². The molecule has 0 atom stereocenters. The van der Waals surface area contributed by atoms with Gasteiger partial charge in [0.25, 0.3) is 0 Å². The Kier molecular flexibility index (Phi) is 3.19. The zero-order valence-electron chi connectivity index (χ0n) is 9.35. The highest BCUT2D eigenvalue weighted by Crippen LogP contribution is 2.25. The van der Waals surface area contributed by atoms with Gasteiger partial charge in [0.1, 0.15) is 0 Å². The number of carbonyl (C=O) groups is 1. The average molecular weight is 254 g/mol. The van der Waals surface area contributed by atoms with Gasteiger partial charge in [-0.1, -0.05) is 6.07 Å². The molecule has 0 bridgehead atoms. The standard InChI is InChI=1S/C12H14O4S/c13-12(14)6-7-17(15,16)11-5-4-9-2-1-3-10(9)8-11/h4-5,8H,1-3,6-7H2,(H,13,14). The van der Waals surface area contributed by atoms with Crippen LogP contribution < -0.4 is 0 Å². The van der Waals surface area contributed by atoms with Gasteiger partial charge in [-0.3, -0.25) is 4.79 Å². The molecule has 0 radical (unpaired) electrons. The molecular formula is C12H14O4S. The fourth-order valence-corrected chi connectivity index (χ4v) is 3.36. The van der Waals surface area contributed by atoms with E-state index in [1.807, 2.05) is 6.07 Å². The van der Waals surface area contributed by atoms with Crippen molar-refractivity contribution in [3.8, 4) is 0 Å². The van der Waals surface area contributed by atoms with Crippen LogP contribution in [0.4, 0.5) is 0 Å². The number of benzene rings is 1. The molecule has 0 aromatic heterocycles. The van der Waals surface area contributed by atoms with Crippen LogP contribution in [0.3, 0.4) is 0 Å². The van der Waals surface area contributed by atoms with Crippen LogP contribution in [-0.4, -0.2) is 25.2 Å². The lowest BCUT2D eigenvalue weighted by Crippen LogP contribution is -2.11. The molecule has 1 aliphatic rings. The summed E-state index contributed by atoms with van der Waals surface area (Å²) < 4.78 is 23.7. The van der Waals surface area contributed by atoms with Gasteiger partial charge in [-0.2, -0.15) is 0 Å². The van der Waals surface area contributed by atoms with Crippen molar-refractivity contribution in [2.45, 2.75) is 30.6 Å². The predicted octanol–water partition coefficient (Wildman–Crippen LogP) is 1.42. The number of hydrogen-bond acceptors (Lipinski definition) is 3. The molecule has 0 unspecified atom stereocenters. The largest absolute Gasteiger partial charge is 0.481 e. The number of sulfone groups is 1. The maximum Gasteiger partial charge on any atom is 0.304 e. The van der Waals surface area contributed by atoms with Gasteiger partial charge < -0.3 is 5.11 Å². The van der Waals surface area contributed by atoms with Crippen LogP contribution in [0.15, 0.2) is 23.1 Å². The van der Waals surface area contributed by atoms with Crippen LogP contribution in [0.5, 0.6) is 0 Å². The van der Waals surface area contributed by atoms with Gasteiger partial charge in [0.2, 0.25) is 0 Å². The monoisotopic (exact) mass is 254 g/mol. The Morgan fingerprint density at radius 3 is 2.65 bits per heavy atom. The molecule has 92 valence electrons. The third kappa shape index (κ3) is 2.66. The fraction of sp³-hybridized carbons (Fsp3) is 0.417. The second-order valence-corrected chi connectivity index (χ2v) is 6.36. The van der Waals surface area contributed by atoms with Crippen LogP contribution >= 0.6 is 0 Å². The minimum Gasteiger partial charge on any atom is -0.481 e. The lowest BCUT2D eigenvalue weighted by atomic mass is 10.1. The maximum absolute atomic E-state index is 11.9. The third-order valence-corrected chi connectivity index (χ3v) is 4.73. The van der Waals surface area contributed by atoms with Crippen molar-refractivity contribution < 1.29 is 18.3 Å². The molecule has 0 fully saturated rings. The van der Waals surface area contributed by atoms with Gasteiger partial charge in [-0.25, -0.2) is 8.42 Å².